The predicted octanol–water partition coefficient (Wildman–Crippen LogP) is 16.2. The number of aliphatic hydroxyl groups is 2. The molecule has 3 N–H and O–H groups in total. The number of aliphatic hydroxyl groups excluding tert-OH is 2. The maximum Gasteiger partial charge on any atom is 0.395 e. The van der Waals surface area contributed by atoms with Gasteiger partial charge < -0.3 is 24.8 Å². The number of benzene rings is 5. The van der Waals surface area contributed by atoms with Gasteiger partial charge in [-0.1, -0.05) is 109 Å². The summed E-state index contributed by atoms with van der Waals surface area (Å²) in [4.78, 5) is 39.7. The first-order valence-electron chi connectivity index (χ1n) is 20.0. The molecule has 73 heavy (non-hydrogen) atoms. The minimum Gasteiger partial charge on any atom is -0.477 e. The Morgan fingerprint density at radius 3 is 1.55 bits per heavy atom. The minimum atomic E-state index is -4.29. The van der Waals surface area contributed by atoms with Gasteiger partial charge in [0, 0.05) is 70.3 Å². The summed E-state index contributed by atoms with van der Waals surface area (Å²) in [5, 5.41) is 41.9. The highest BCUT2D eigenvalue weighted by Crippen LogP contribution is 2.43. The topological polar surface area (TPSA) is 171 Å². The van der Waals surface area contributed by atoms with Crippen molar-refractivity contribution in [3.8, 4) is 17.2 Å². The lowest BCUT2D eigenvalue weighted by atomic mass is 9.93. The molecule has 390 valence electrons. The third kappa shape index (κ3) is 15.0. The Bertz CT molecular complexity index is 3240. The number of carbonyl (C=O) groups excluding carboxylic acids is 3. The fourth-order valence-corrected chi connectivity index (χ4v) is 10.9. The number of carboxylic acid groups (broad SMARTS) is 1. The Morgan fingerprint density at radius 1 is 0.630 bits per heavy atom. The number of halogens is 9. The van der Waals surface area contributed by atoms with Gasteiger partial charge in [0.1, 0.15) is 0 Å². The van der Waals surface area contributed by atoms with Crippen molar-refractivity contribution < 1.29 is 70.3 Å². The van der Waals surface area contributed by atoms with Gasteiger partial charge in [0.25, 0.3) is 0 Å². The van der Waals surface area contributed by atoms with Crippen molar-refractivity contribution in [2.24, 2.45) is 0 Å². The zero-order valence-electron chi connectivity index (χ0n) is 35.9. The van der Waals surface area contributed by atoms with Gasteiger partial charge in [-0.3, -0.25) is 4.79 Å². The van der Waals surface area contributed by atoms with Crippen LogP contribution in [0.1, 0.15) is 73.3 Å². The van der Waals surface area contributed by atoms with Crippen LogP contribution in [-0.2, 0) is 23.9 Å². The molecular weight excluding hydrogens is 1220 g/mol. The number of aliphatic carboxylic acids is 1. The Balaban J connectivity index is 0.000000361. The zero-order chi connectivity index (χ0) is 51.7. The molecule has 0 bridgehead atoms. The second-order valence-electron chi connectivity index (χ2n) is 14.2. The van der Waals surface area contributed by atoms with Crippen LogP contribution < -0.4 is 0 Å². The number of nitrogens with zero attached hydrogens (tertiary/aromatic N) is 1. The third-order valence-electron chi connectivity index (χ3n) is 9.65. The van der Waals surface area contributed by atoms with Crippen molar-refractivity contribution in [3.05, 3.63) is 138 Å². The first-order chi connectivity index (χ1) is 33.0. The van der Waals surface area contributed by atoms with E-state index < -0.39 is 46.8 Å². The molecule has 2 unspecified atom stereocenters. The number of carbonyl (C=O) groups is 4. The van der Waals surface area contributed by atoms with Gasteiger partial charge in [0.05, 0.1) is 29.7 Å². The summed E-state index contributed by atoms with van der Waals surface area (Å²) < 4.78 is 91.2. The summed E-state index contributed by atoms with van der Waals surface area (Å²) in [7, 11) is 0. The van der Waals surface area contributed by atoms with Gasteiger partial charge in [-0.2, -0.15) is 31.6 Å². The second-order valence-corrected chi connectivity index (χ2v) is 20.2. The molecule has 0 spiro atoms. The lowest BCUT2D eigenvalue weighted by molar-refractivity contribution is -0.188. The normalized spacial score (nSPS) is 11.8. The second kappa shape index (κ2) is 27.3. The van der Waals surface area contributed by atoms with Gasteiger partial charge in [-0.05, 0) is 85.0 Å². The monoisotopic (exact) mass is 1260 g/mol. The van der Waals surface area contributed by atoms with Crippen molar-refractivity contribution in [1.29, 1.82) is 5.26 Å². The van der Waals surface area contributed by atoms with E-state index in [1.54, 1.807) is 42.5 Å². The van der Waals surface area contributed by atoms with Crippen LogP contribution >= 0.6 is 81.8 Å². The third-order valence-corrected chi connectivity index (χ3v) is 14.7. The van der Waals surface area contributed by atoms with Gasteiger partial charge in [-0.25, -0.2) is 14.4 Å². The number of esters is 2. The molecule has 0 aliphatic carbocycles. The largest absolute Gasteiger partial charge is 0.477 e. The maximum absolute atomic E-state index is 13.8. The molecule has 10 nitrogen and oxygen atoms in total. The molecule has 0 saturated carbocycles. The van der Waals surface area contributed by atoms with Crippen molar-refractivity contribution in [2.45, 2.75) is 65.0 Å². The van der Waals surface area contributed by atoms with E-state index in [9.17, 15) is 61.0 Å². The molecule has 0 amide bonds. The highest BCUT2D eigenvalue weighted by Gasteiger charge is 2.50. The zero-order valence-corrected chi connectivity index (χ0v) is 43.1. The summed E-state index contributed by atoms with van der Waals surface area (Å²) >= 11 is 12.0. The average Bonchev–Trinajstić information content (AvgIpc) is 4.09. The van der Waals surface area contributed by atoms with Crippen molar-refractivity contribution in [3.63, 3.8) is 0 Å². The number of hydrogen-bond donors (Lipinski definition) is 3. The van der Waals surface area contributed by atoms with Crippen LogP contribution in [0.25, 0.3) is 52.2 Å². The van der Waals surface area contributed by atoms with Crippen LogP contribution in [-0.4, -0.2) is 69.4 Å². The molecule has 0 aliphatic heterocycles. The van der Waals surface area contributed by atoms with E-state index in [2.05, 4.69) is 47.4 Å². The van der Waals surface area contributed by atoms with Crippen molar-refractivity contribution in [1.82, 2.24) is 0 Å². The van der Waals surface area contributed by atoms with Gasteiger partial charge in [0.2, 0.25) is 0 Å². The predicted molar refractivity (Wildman–Crippen MR) is 289 cm³/mol. The van der Waals surface area contributed by atoms with E-state index >= 15 is 0 Å². The fraction of sp³-hybridized carbons (Fsp3) is 0.235. The van der Waals surface area contributed by atoms with Crippen LogP contribution in [0.3, 0.4) is 0 Å². The molecule has 8 rings (SSSR count). The molecule has 3 aromatic heterocycles. The molecule has 0 aliphatic rings. The Morgan fingerprint density at radius 2 is 1.08 bits per heavy atom. The van der Waals surface area contributed by atoms with Crippen molar-refractivity contribution >= 4 is 147 Å². The van der Waals surface area contributed by atoms with Crippen LogP contribution in [0.4, 0.5) is 26.3 Å². The van der Waals surface area contributed by atoms with Crippen molar-refractivity contribution in [2.75, 3.05) is 13.2 Å². The smallest absolute Gasteiger partial charge is 0.395 e. The quantitative estimate of drug-likeness (QED) is 0.0490. The number of carboxylic acids is 1. The maximum atomic E-state index is 13.8. The number of rotatable bonds is 11. The first kappa shape index (κ1) is 63.9. The van der Waals surface area contributed by atoms with Crippen LogP contribution in [0.2, 0.25) is 0 Å². The summed E-state index contributed by atoms with van der Waals surface area (Å²) in [6.45, 7) is 2.67. The first-order valence-corrected chi connectivity index (χ1v) is 24.9. The molecule has 5 aromatic carbocycles. The minimum absolute atomic E-state index is 0. The Labute approximate surface area is 453 Å². The molecule has 3 heterocycles. The van der Waals surface area contributed by atoms with Crippen LogP contribution in [0, 0.1) is 11.3 Å². The average molecular weight is 1270 g/mol. The summed E-state index contributed by atoms with van der Waals surface area (Å²) in [6, 6.07) is 34.4. The molecule has 0 radical (unpaired) electrons. The van der Waals surface area contributed by atoms with Gasteiger partial charge >= 0.3 is 34.6 Å². The van der Waals surface area contributed by atoms with E-state index in [1.807, 2.05) is 70.5 Å². The number of nitriles is 1. The Kier molecular flexibility index (Phi) is 23.9. The molecule has 0 saturated heterocycles. The molecular formula is C51H46Br3F6NO9S3. The number of thiophene rings is 3. The summed E-state index contributed by atoms with van der Waals surface area (Å²) in [5.74, 6) is -13.9. The van der Waals surface area contributed by atoms with E-state index in [1.165, 1.54) is 37.3 Å². The lowest BCUT2D eigenvalue weighted by Crippen LogP contribution is -2.37. The number of fused-ring (bicyclic) bond motifs is 4. The van der Waals surface area contributed by atoms with E-state index in [4.69, 9.17) is 5.11 Å². The highest BCUT2D eigenvalue weighted by atomic mass is 79.9. The van der Waals surface area contributed by atoms with E-state index in [0.29, 0.717) is 21.0 Å². The number of ether oxygens (including phenoxy) is 2. The molecule has 22 heteroatoms. The van der Waals surface area contributed by atoms with E-state index in [0.717, 1.165) is 79.5 Å². The highest BCUT2D eigenvalue weighted by molar-refractivity contribution is 9.11. The number of aldehydes is 1. The van der Waals surface area contributed by atoms with E-state index in [-0.39, 0.29) is 45.2 Å². The molecule has 2 atom stereocenters. The lowest BCUT2D eigenvalue weighted by Gasteiger charge is -2.19. The Hall–Kier alpha value is -5.25. The van der Waals surface area contributed by atoms with Crippen LogP contribution in [0.5, 0.6) is 0 Å². The SMILES string of the molecule is C.C.C.CCOC(=O)C(F)(F)Br.CCOC(=O)C(F)(F)C(O)c1cc2c(Br)cccc2s1.N#Cc1ccc(-c2cccc3sc(C(O)C(F)(F)C(=O)O)cc23)c2ccccc12.O=Cc1cc2c(Br)cccc2s1. The summed E-state index contributed by atoms with van der Waals surface area (Å²) in [5.41, 5.74) is 2.09. The summed E-state index contributed by atoms with van der Waals surface area (Å²) in [6.07, 6.45) is -3.77. The molecule has 8 aromatic rings. The van der Waals surface area contributed by atoms with Crippen LogP contribution in [0.15, 0.2) is 118 Å². The number of hydrogen-bond acceptors (Lipinski definition) is 12. The van der Waals surface area contributed by atoms with Gasteiger partial charge in [-0.15, -0.1) is 34.0 Å². The number of alkyl halides is 7. The fourth-order valence-electron chi connectivity index (χ4n) is 6.39. The van der Waals surface area contributed by atoms with Gasteiger partial charge in [0.15, 0.2) is 18.5 Å². The standard InChI is InChI=1S/C22H13F2NO3S.C13H11BrF2O3S.C9H5BrOS.C4H5BrF2O2.3CH4/c23-22(24,21(27)28)20(26)19-10-17-15(6-3-7-18(17)29-19)16-9-8-12(11-25)13-4-1-2-5-14(13)16;1-2-19-12(18)13(15,16)11(17)10-6-7-8(14)4-3-5-9(7)20-10;10-8-2-1-3-9-7(8)4-6(5-11)12-9;1-2-9-3(8)4(5,6)7;;;/h1-10,20,26H,(H,27,28);3-6,11,17H,2H2,1H3;1-5H;2H2,1H3;3*1H4. The molecule has 0 fully saturated rings.